The summed E-state index contributed by atoms with van der Waals surface area (Å²) < 4.78 is 19.5. The summed E-state index contributed by atoms with van der Waals surface area (Å²) in [5.74, 6) is -0.961. The van der Waals surface area contributed by atoms with Gasteiger partial charge < -0.3 is 14.5 Å². The summed E-state index contributed by atoms with van der Waals surface area (Å²) >= 11 is 0. The summed E-state index contributed by atoms with van der Waals surface area (Å²) in [5.41, 5.74) is 2.70. The lowest BCUT2D eigenvalue weighted by atomic mass is 10.2. The third-order valence-electron chi connectivity index (χ3n) is 4.02. The molecule has 136 valence electrons. The Kier molecular flexibility index (Phi) is 6.45. The van der Waals surface area contributed by atoms with E-state index < -0.39 is 13.2 Å². The van der Waals surface area contributed by atoms with Crippen LogP contribution in [0.3, 0.4) is 0 Å². The molecule has 0 saturated carbocycles. The lowest BCUT2D eigenvalue weighted by Gasteiger charge is -2.26. The van der Waals surface area contributed by atoms with E-state index in [1.165, 1.54) is 0 Å². The first kappa shape index (κ1) is 19.7. The van der Waals surface area contributed by atoms with Crippen LogP contribution in [0.1, 0.15) is 30.8 Å². The first-order valence-corrected chi connectivity index (χ1v) is 10.2. The maximum absolute atomic E-state index is 13.7. The second kappa shape index (κ2) is 8.18. The number of anilines is 1. The summed E-state index contributed by atoms with van der Waals surface area (Å²) in [4.78, 5) is 1.97. The fourth-order valence-electron chi connectivity index (χ4n) is 2.44. The van der Waals surface area contributed by atoms with E-state index in [4.69, 9.17) is 4.52 Å². The Bertz CT molecular complexity index is 724. The number of aliphatic hydroxyl groups is 1. The lowest BCUT2D eigenvalue weighted by molar-refractivity contribution is 0.203. The largest absolute Gasteiger partial charge is 0.378 e. The third-order valence-corrected chi connectivity index (χ3v) is 6.52. The fourth-order valence-corrected chi connectivity index (χ4v) is 4.66. The topological polar surface area (TPSA) is 49.8 Å². The highest BCUT2D eigenvalue weighted by molar-refractivity contribution is 7.67. The van der Waals surface area contributed by atoms with Crippen LogP contribution in [0.15, 0.2) is 48.5 Å². The Morgan fingerprint density at radius 2 is 1.60 bits per heavy atom. The molecular weight excluding hydrogens is 333 g/mol. The average Bonchev–Trinajstić information content (AvgIpc) is 2.59. The molecule has 0 unspecified atom stereocenters. The summed E-state index contributed by atoms with van der Waals surface area (Å²) in [5, 5.41) is 11.4. The number of hydrogen-bond acceptors (Lipinski definition) is 4. The number of rotatable bonds is 7. The zero-order valence-electron chi connectivity index (χ0n) is 15.6. The van der Waals surface area contributed by atoms with E-state index in [1.807, 2.05) is 64.0 Å². The molecule has 0 fully saturated rings. The molecule has 2 rings (SSSR count). The Labute approximate surface area is 150 Å². The molecule has 5 heteroatoms. The van der Waals surface area contributed by atoms with Gasteiger partial charge in [-0.25, -0.2) is 0 Å². The van der Waals surface area contributed by atoms with Crippen molar-refractivity contribution in [3.8, 4) is 0 Å². The van der Waals surface area contributed by atoms with Crippen molar-refractivity contribution in [3.05, 3.63) is 59.7 Å². The maximum Gasteiger partial charge on any atom is 0.264 e. The number of aryl methyl sites for hydroxylation is 1. The number of nitrogens with zero attached hydrogens (tertiary/aromatic N) is 1. The summed E-state index contributed by atoms with van der Waals surface area (Å²) in [7, 11) is 0.432. The molecule has 25 heavy (non-hydrogen) atoms. The highest BCUT2D eigenvalue weighted by Crippen LogP contribution is 2.57. The van der Waals surface area contributed by atoms with Crippen LogP contribution in [-0.4, -0.2) is 25.8 Å². The van der Waals surface area contributed by atoms with E-state index in [9.17, 15) is 9.67 Å². The second-order valence-corrected chi connectivity index (χ2v) is 9.44. The minimum atomic E-state index is -3.47. The van der Waals surface area contributed by atoms with Crippen molar-refractivity contribution in [2.24, 2.45) is 5.92 Å². The van der Waals surface area contributed by atoms with Gasteiger partial charge in [-0.1, -0.05) is 43.7 Å². The van der Waals surface area contributed by atoms with Gasteiger partial charge in [-0.3, -0.25) is 4.57 Å². The molecule has 2 aromatic rings. The van der Waals surface area contributed by atoms with E-state index in [2.05, 4.69) is 0 Å². The summed E-state index contributed by atoms with van der Waals surface area (Å²) in [6.45, 7) is 6.30. The molecule has 0 aliphatic carbocycles. The van der Waals surface area contributed by atoms with Gasteiger partial charge in [0.15, 0.2) is 5.85 Å². The molecule has 2 aromatic carbocycles. The highest BCUT2D eigenvalue weighted by atomic mass is 31.2. The highest BCUT2D eigenvalue weighted by Gasteiger charge is 2.36. The van der Waals surface area contributed by atoms with Crippen molar-refractivity contribution in [1.82, 2.24) is 0 Å². The van der Waals surface area contributed by atoms with Crippen molar-refractivity contribution >= 4 is 18.4 Å². The molecule has 0 amide bonds. The maximum atomic E-state index is 13.7. The Morgan fingerprint density at radius 3 is 2.08 bits per heavy atom. The van der Waals surface area contributed by atoms with Crippen LogP contribution in [0.5, 0.6) is 0 Å². The van der Waals surface area contributed by atoms with E-state index in [1.54, 1.807) is 24.3 Å². The second-order valence-electron chi connectivity index (χ2n) is 6.98. The smallest absolute Gasteiger partial charge is 0.264 e. The molecule has 4 nitrogen and oxygen atoms in total. The first-order valence-electron chi connectivity index (χ1n) is 8.51. The molecule has 0 aliphatic heterocycles. The van der Waals surface area contributed by atoms with Crippen molar-refractivity contribution in [2.75, 3.05) is 25.6 Å². The summed E-state index contributed by atoms with van der Waals surface area (Å²) in [6, 6.07) is 14.8. The molecule has 1 N–H and O–H groups in total. The number of hydrogen-bond donors (Lipinski definition) is 1. The standard InChI is InChI=1S/C20H28NO3P/c1-15(2)14-24-25(23,19-12-10-18(11-13-19)21(4)5)20(22)17-8-6-16(3)7-9-17/h6-13,15,20,22H,14H2,1-5H3/t20-,25+/m0/s1. The van der Waals surface area contributed by atoms with E-state index in [-0.39, 0.29) is 5.92 Å². The normalized spacial score (nSPS) is 15.0. The van der Waals surface area contributed by atoms with Crippen molar-refractivity contribution in [2.45, 2.75) is 26.6 Å². The average molecular weight is 361 g/mol. The van der Waals surface area contributed by atoms with Crippen LogP contribution in [0.4, 0.5) is 5.69 Å². The Hall–Kier alpha value is -1.61. The quantitative estimate of drug-likeness (QED) is 0.746. The van der Waals surface area contributed by atoms with Gasteiger partial charge in [-0.15, -0.1) is 0 Å². The molecule has 2 atom stereocenters. The van der Waals surface area contributed by atoms with Crippen LogP contribution in [0, 0.1) is 12.8 Å². The van der Waals surface area contributed by atoms with Crippen molar-refractivity contribution in [1.29, 1.82) is 0 Å². The van der Waals surface area contributed by atoms with E-state index in [0.29, 0.717) is 17.5 Å². The summed E-state index contributed by atoms with van der Waals surface area (Å²) in [6.07, 6.45) is 0. The van der Waals surface area contributed by atoms with E-state index in [0.717, 1.165) is 11.3 Å². The third kappa shape index (κ3) is 4.72. The Balaban J connectivity index is 2.42. The molecule has 0 saturated heterocycles. The van der Waals surface area contributed by atoms with Crippen molar-refractivity contribution in [3.63, 3.8) is 0 Å². The lowest BCUT2D eigenvalue weighted by Crippen LogP contribution is -2.17. The van der Waals surface area contributed by atoms with Crippen LogP contribution < -0.4 is 10.2 Å². The van der Waals surface area contributed by atoms with Gasteiger partial charge >= 0.3 is 0 Å². The monoisotopic (exact) mass is 361 g/mol. The molecule has 0 heterocycles. The fraction of sp³-hybridized carbons (Fsp3) is 0.400. The number of benzene rings is 2. The predicted molar refractivity (Wildman–Crippen MR) is 105 cm³/mol. The van der Waals surface area contributed by atoms with Crippen LogP contribution in [0.25, 0.3) is 0 Å². The van der Waals surface area contributed by atoms with Gasteiger partial charge in [-0.05, 0) is 42.7 Å². The van der Waals surface area contributed by atoms with Gasteiger partial charge in [0.2, 0.25) is 0 Å². The molecule has 0 bridgehead atoms. The van der Waals surface area contributed by atoms with Crippen molar-refractivity contribution < 1.29 is 14.2 Å². The van der Waals surface area contributed by atoms with Crippen LogP contribution in [-0.2, 0) is 9.09 Å². The van der Waals surface area contributed by atoms with Gasteiger partial charge in [0.25, 0.3) is 7.37 Å². The van der Waals surface area contributed by atoms with Gasteiger partial charge in [0.1, 0.15) is 0 Å². The Morgan fingerprint density at radius 1 is 1.04 bits per heavy atom. The van der Waals surface area contributed by atoms with Gasteiger partial charge in [0.05, 0.1) is 6.61 Å². The van der Waals surface area contributed by atoms with Gasteiger partial charge in [-0.2, -0.15) is 0 Å². The molecule has 0 radical (unpaired) electrons. The molecular formula is C20H28NO3P. The predicted octanol–water partition coefficient (Wildman–Crippen LogP) is 4.33. The molecule has 0 aromatic heterocycles. The zero-order valence-corrected chi connectivity index (χ0v) is 16.5. The SMILES string of the molecule is Cc1ccc([C@@H](O)[P@](=O)(OCC(C)C)c2ccc(N(C)C)cc2)cc1. The minimum absolute atomic E-state index is 0.222. The minimum Gasteiger partial charge on any atom is -0.378 e. The van der Waals surface area contributed by atoms with E-state index >= 15 is 0 Å². The van der Waals surface area contributed by atoms with Gasteiger partial charge in [0, 0.05) is 25.1 Å². The van der Waals surface area contributed by atoms with Crippen LogP contribution in [0.2, 0.25) is 0 Å². The molecule has 0 aliphatic rings. The first-order chi connectivity index (χ1) is 11.7. The zero-order chi connectivity index (χ0) is 18.6. The number of aliphatic hydroxyl groups excluding tert-OH is 1. The molecule has 0 spiro atoms. The van der Waals surface area contributed by atoms with Crippen LogP contribution >= 0.6 is 7.37 Å².